The molecule has 0 saturated carbocycles. The van der Waals surface area contributed by atoms with Crippen molar-refractivity contribution in [1.82, 2.24) is 10.2 Å². The summed E-state index contributed by atoms with van der Waals surface area (Å²) in [4.78, 5) is 22.4. The number of aromatic nitrogens is 2. The van der Waals surface area contributed by atoms with Gasteiger partial charge in [0, 0.05) is 17.7 Å². The van der Waals surface area contributed by atoms with E-state index in [0.717, 1.165) is 6.08 Å². The van der Waals surface area contributed by atoms with Gasteiger partial charge in [0.15, 0.2) is 6.10 Å². The summed E-state index contributed by atoms with van der Waals surface area (Å²) in [6, 6.07) is 11.5. The molecule has 0 bridgehead atoms. The van der Waals surface area contributed by atoms with Crippen LogP contribution in [0.3, 0.4) is 0 Å². The van der Waals surface area contributed by atoms with Crippen molar-refractivity contribution < 1.29 is 23.3 Å². The van der Waals surface area contributed by atoms with E-state index in [1.165, 1.54) is 48.5 Å². The Morgan fingerprint density at radius 2 is 1.93 bits per heavy atom. The Labute approximate surface area is 158 Å². The number of halogens is 1. The smallest absolute Gasteiger partial charge is 0.331 e. The number of nitro benzene ring substituents is 1. The number of benzene rings is 2. The summed E-state index contributed by atoms with van der Waals surface area (Å²) in [5, 5.41) is 18.6. The maximum Gasteiger partial charge on any atom is 0.331 e. The van der Waals surface area contributed by atoms with Gasteiger partial charge >= 0.3 is 5.97 Å². The predicted octanol–water partition coefficient (Wildman–Crippen LogP) is 4.10. The van der Waals surface area contributed by atoms with Gasteiger partial charge in [0.2, 0.25) is 5.89 Å². The number of esters is 1. The SMILES string of the molecule is C[C@@H](OC(=O)/C=C/c1ccccc1[N+](=O)[O-])c1nnc(-c2ccc(F)cc2)o1. The molecular formula is C19H14FN3O5. The van der Waals surface area contributed by atoms with Crippen LogP contribution >= 0.6 is 0 Å². The molecule has 8 nitrogen and oxygen atoms in total. The lowest BCUT2D eigenvalue weighted by atomic mass is 10.1. The van der Waals surface area contributed by atoms with Crippen molar-refractivity contribution in [3.05, 3.63) is 82.0 Å². The highest BCUT2D eigenvalue weighted by molar-refractivity contribution is 5.88. The number of ether oxygens (including phenoxy) is 1. The number of nitro groups is 1. The first-order valence-corrected chi connectivity index (χ1v) is 8.15. The molecule has 1 aromatic heterocycles. The summed E-state index contributed by atoms with van der Waals surface area (Å²) in [6.45, 7) is 1.54. The van der Waals surface area contributed by atoms with Gasteiger partial charge in [-0.2, -0.15) is 0 Å². The van der Waals surface area contributed by atoms with Gasteiger partial charge in [0.1, 0.15) is 5.82 Å². The molecule has 0 fully saturated rings. The molecule has 0 radical (unpaired) electrons. The van der Waals surface area contributed by atoms with Crippen LogP contribution in [0.5, 0.6) is 0 Å². The molecule has 28 heavy (non-hydrogen) atoms. The van der Waals surface area contributed by atoms with Crippen molar-refractivity contribution in [3.63, 3.8) is 0 Å². The van der Waals surface area contributed by atoms with Gasteiger partial charge < -0.3 is 9.15 Å². The minimum atomic E-state index is -0.843. The van der Waals surface area contributed by atoms with Crippen LogP contribution in [0.15, 0.2) is 59.0 Å². The average molecular weight is 383 g/mol. The van der Waals surface area contributed by atoms with E-state index < -0.39 is 22.8 Å². The first-order valence-electron chi connectivity index (χ1n) is 8.15. The summed E-state index contributed by atoms with van der Waals surface area (Å²) in [6.07, 6.45) is 1.53. The number of para-hydroxylation sites is 1. The highest BCUT2D eigenvalue weighted by Crippen LogP contribution is 2.23. The molecule has 0 amide bonds. The van der Waals surface area contributed by atoms with E-state index in [1.54, 1.807) is 13.0 Å². The summed E-state index contributed by atoms with van der Waals surface area (Å²) >= 11 is 0. The minimum absolute atomic E-state index is 0.0618. The molecule has 0 aliphatic rings. The summed E-state index contributed by atoms with van der Waals surface area (Å²) in [5.41, 5.74) is 0.670. The fourth-order valence-electron chi connectivity index (χ4n) is 2.32. The number of hydrogen-bond acceptors (Lipinski definition) is 7. The van der Waals surface area contributed by atoms with Gasteiger partial charge in [-0.15, -0.1) is 10.2 Å². The van der Waals surface area contributed by atoms with E-state index in [2.05, 4.69) is 10.2 Å². The van der Waals surface area contributed by atoms with Crippen LogP contribution in [0.1, 0.15) is 24.5 Å². The topological polar surface area (TPSA) is 108 Å². The second-order valence-corrected chi connectivity index (χ2v) is 5.68. The molecule has 3 aromatic rings. The summed E-state index contributed by atoms with van der Waals surface area (Å²) in [5.74, 6) is -0.900. The van der Waals surface area contributed by atoms with E-state index in [-0.39, 0.29) is 23.0 Å². The molecule has 142 valence electrons. The van der Waals surface area contributed by atoms with Crippen LogP contribution in [0, 0.1) is 15.9 Å². The minimum Gasteiger partial charge on any atom is -0.449 e. The molecule has 0 spiro atoms. The second-order valence-electron chi connectivity index (χ2n) is 5.68. The quantitative estimate of drug-likeness (QED) is 0.273. The molecule has 1 heterocycles. The predicted molar refractivity (Wildman–Crippen MR) is 96.3 cm³/mol. The standard InChI is InChI=1S/C19H14FN3O5/c1-12(18-21-22-19(28-18)14-6-9-15(20)10-7-14)27-17(24)11-8-13-4-2-3-5-16(13)23(25)26/h2-12H,1H3/b11-8+/t12-/m1/s1. The molecule has 0 aliphatic heterocycles. The Hall–Kier alpha value is -3.88. The van der Waals surface area contributed by atoms with E-state index in [1.807, 2.05) is 0 Å². The molecular weight excluding hydrogens is 369 g/mol. The molecule has 0 N–H and O–H groups in total. The average Bonchev–Trinajstić information content (AvgIpc) is 3.17. The molecule has 1 atom stereocenters. The molecule has 0 unspecified atom stereocenters. The van der Waals surface area contributed by atoms with Crippen LogP contribution < -0.4 is 0 Å². The zero-order chi connectivity index (χ0) is 20.1. The summed E-state index contributed by atoms with van der Waals surface area (Å²) in [7, 11) is 0. The first kappa shape index (κ1) is 18.9. The van der Waals surface area contributed by atoms with E-state index in [4.69, 9.17) is 9.15 Å². The largest absolute Gasteiger partial charge is 0.449 e. The number of hydrogen-bond donors (Lipinski definition) is 0. The van der Waals surface area contributed by atoms with Crippen molar-refractivity contribution in [2.75, 3.05) is 0 Å². The van der Waals surface area contributed by atoms with Gasteiger partial charge in [-0.05, 0) is 43.3 Å². The second kappa shape index (κ2) is 8.21. The van der Waals surface area contributed by atoms with E-state index in [9.17, 15) is 19.3 Å². The molecule has 0 aliphatic carbocycles. The number of nitrogens with zero attached hydrogens (tertiary/aromatic N) is 3. The Morgan fingerprint density at radius 1 is 1.21 bits per heavy atom. The van der Waals surface area contributed by atoms with E-state index >= 15 is 0 Å². The maximum absolute atomic E-state index is 13.0. The Bertz CT molecular complexity index is 1030. The van der Waals surface area contributed by atoms with Crippen LogP contribution in [0.4, 0.5) is 10.1 Å². The monoisotopic (exact) mass is 383 g/mol. The fourth-order valence-corrected chi connectivity index (χ4v) is 2.32. The normalized spacial score (nSPS) is 12.1. The maximum atomic E-state index is 13.0. The molecule has 2 aromatic carbocycles. The van der Waals surface area contributed by atoms with Gasteiger partial charge in [-0.25, -0.2) is 9.18 Å². The zero-order valence-electron chi connectivity index (χ0n) is 14.6. The van der Waals surface area contributed by atoms with Gasteiger partial charge in [-0.1, -0.05) is 12.1 Å². The lowest BCUT2D eigenvalue weighted by molar-refractivity contribution is -0.385. The van der Waals surface area contributed by atoms with Crippen LogP contribution in [-0.2, 0) is 9.53 Å². The first-order chi connectivity index (χ1) is 13.4. The highest BCUT2D eigenvalue weighted by Gasteiger charge is 2.18. The zero-order valence-corrected chi connectivity index (χ0v) is 14.6. The van der Waals surface area contributed by atoms with Crippen molar-refractivity contribution in [2.24, 2.45) is 0 Å². The van der Waals surface area contributed by atoms with Crippen molar-refractivity contribution in [1.29, 1.82) is 0 Å². The Balaban J connectivity index is 1.66. The van der Waals surface area contributed by atoms with Crippen molar-refractivity contribution >= 4 is 17.7 Å². The summed E-state index contributed by atoms with van der Waals surface area (Å²) < 4.78 is 23.6. The van der Waals surface area contributed by atoms with Crippen LogP contribution in [-0.4, -0.2) is 21.1 Å². The third kappa shape index (κ3) is 4.44. The third-order valence-electron chi connectivity index (χ3n) is 3.70. The number of carbonyl (C=O) groups excluding carboxylic acids is 1. The van der Waals surface area contributed by atoms with Crippen molar-refractivity contribution in [2.45, 2.75) is 13.0 Å². The van der Waals surface area contributed by atoms with Gasteiger partial charge in [0.25, 0.3) is 11.6 Å². The van der Waals surface area contributed by atoms with Crippen LogP contribution in [0.2, 0.25) is 0 Å². The van der Waals surface area contributed by atoms with Crippen LogP contribution in [0.25, 0.3) is 17.5 Å². The third-order valence-corrected chi connectivity index (χ3v) is 3.70. The highest BCUT2D eigenvalue weighted by atomic mass is 19.1. The molecule has 0 saturated heterocycles. The Kier molecular flexibility index (Phi) is 5.54. The lowest BCUT2D eigenvalue weighted by Gasteiger charge is -2.06. The van der Waals surface area contributed by atoms with E-state index in [0.29, 0.717) is 5.56 Å². The Morgan fingerprint density at radius 3 is 2.64 bits per heavy atom. The molecule has 3 rings (SSSR count). The van der Waals surface area contributed by atoms with Gasteiger partial charge in [0.05, 0.1) is 10.5 Å². The fraction of sp³-hybridized carbons (Fsp3) is 0.105. The lowest BCUT2D eigenvalue weighted by Crippen LogP contribution is -2.06. The number of carbonyl (C=O) groups is 1. The van der Waals surface area contributed by atoms with Crippen molar-refractivity contribution in [3.8, 4) is 11.5 Å². The number of rotatable bonds is 6. The molecule has 9 heteroatoms. The van der Waals surface area contributed by atoms with Gasteiger partial charge in [-0.3, -0.25) is 10.1 Å².